The summed E-state index contributed by atoms with van der Waals surface area (Å²) >= 11 is 0. The van der Waals surface area contributed by atoms with E-state index in [1.54, 1.807) is 10.6 Å². The van der Waals surface area contributed by atoms with Crippen LogP contribution >= 0.6 is 0 Å². The zero-order valence-corrected chi connectivity index (χ0v) is 14.7. The van der Waals surface area contributed by atoms with Crippen molar-refractivity contribution in [2.75, 3.05) is 0 Å². The van der Waals surface area contributed by atoms with Crippen molar-refractivity contribution in [1.82, 2.24) is 4.57 Å². The first kappa shape index (κ1) is 16.3. The zero-order chi connectivity index (χ0) is 17.9. The molecule has 1 aromatic heterocycles. The van der Waals surface area contributed by atoms with Gasteiger partial charge in [-0.05, 0) is 45.5 Å². The minimum Gasteiger partial charge on any atom is -0.310 e. The molecule has 0 saturated heterocycles. The summed E-state index contributed by atoms with van der Waals surface area (Å²) < 4.78 is 1.68. The van der Waals surface area contributed by atoms with E-state index in [1.165, 1.54) is 21.9 Å². The van der Waals surface area contributed by atoms with Gasteiger partial charge in [0, 0.05) is 12.3 Å². The lowest BCUT2D eigenvalue weighted by molar-refractivity contribution is 0.838. The first-order valence-corrected chi connectivity index (χ1v) is 8.91. The average Bonchev–Trinajstić information content (AvgIpc) is 2.69. The van der Waals surface area contributed by atoms with E-state index in [0.717, 1.165) is 17.5 Å². The molecule has 26 heavy (non-hydrogen) atoms. The molecule has 0 unspecified atom stereocenters. The van der Waals surface area contributed by atoms with Gasteiger partial charge in [-0.1, -0.05) is 73.7 Å². The van der Waals surface area contributed by atoms with Gasteiger partial charge in [0.05, 0.1) is 6.54 Å². The molecule has 0 N–H and O–H groups in total. The second-order valence-corrected chi connectivity index (χ2v) is 6.33. The molecule has 0 aliphatic carbocycles. The maximum atomic E-state index is 12.1. The van der Waals surface area contributed by atoms with Gasteiger partial charge in [0.25, 0.3) is 5.56 Å². The van der Waals surface area contributed by atoms with Crippen molar-refractivity contribution in [2.45, 2.75) is 13.3 Å². The summed E-state index contributed by atoms with van der Waals surface area (Å²) in [5.74, 6) is 0. The lowest BCUT2D eigenvalue weighted by Gasteiger charge is -2.14. The molecule has 0 atom stereocenters. The molecular formula is C24H20NO. The molecule has 127 valence electrons. The SMILES string of the molecule is CC[CH]n1cc(-c2ccccc2-c2cccc3ccccc23)ccc1=O. The van der Waals surface area contributed by atoms with E-state index in [9.17, 15) is 4.79 Å². The van der Waals surface area contributed by atoms with Gasteiger partial charge in [-0.3, -0.25) is 4.79 Å². The predicted octanol–water partition coefficient (Wildman–Crippen LogP) is 5.76. The smallest absolute Gasteiger partial charge is 0.250 e. The van der Waals surface area contributed by atoms with Crippen LogP contribution in [-0.2, 0) is 0 Å². The fourth-order valence-corrected chi connectivity index (χ4v) is 3.43. The van der Waals surface area contributed by atoms with Crippen LogP contribution in [-0.4, -0.2) is 4.57 Å². The lowest BCUT2D eigenvalue weighted by atomic mass is 9.92. The van der Waals surface area contributed by atoms with Gasteiger partial charge in [-0.25, -0.2) is 0 Å². The molecule has 4 rings (SSSR count). The van der Waals surface area contributed by atoms with Gasteiger partial charge in [0.15, 0.2) is 0 Å². The Morgan fingerprint density at radius 2 is 1.46 bits per heavy atom. The third-order valence-corrected chi connectivity index (χ3v) is 4.64. The summed E-state index contributed by atoms with van der Waals surface area (Å²) in [4.78, 5) is 12.1. The Kier molecular flexibility index (Phi) is 4.40. The average molecular weight is 338 g/mol. The third-order valence-electron chi connectivity index (χ3n) is 4.64. The van der Waals surface area contributed by atoms with Gasteiger partial charge < -0.3 is 4.57 Å². The number of aromatic nitrogens is 1. The van der Waals surface area contributed by atoms with Gasteiger partial charge in [0.2, 0.25) is 0 Å². The van der Waals surface area contributed by atoms with E-state index in [4.69, 9.17) is 0 Å². The number of benzene rings is 3. The largest absolute Gasteiger partial charge is 0.310 e. The van der Waals surface area contributed by atoms with Crippen molar-refractivity contribution in [1.29, 1.82) is 0 Å². The maximum Gasteiger partial charge on any atom is 0.250 e. The minimum atomic E-state index is -0.00163. The van der Waals surface area contributed by atoms with Gasteiger partial charge in [-0.15, -0.1) is 0 Å². The van der Waals surface area contributed by atoms with Crippen molar-refractivity contribution >= 4 is 10.8 Å². The number of pyridine rings is 1. The highest BCUT2D eigenvalue weighted by Gasteiger charge is 2.10. The molecule has 0 aliphatic rings. The Labute approximate surface area is 153 Å². The molecule has 0 spiro atoms. The fourth-order valence-electron chi connectivity index (χ4n) is 3.43. The summed E-state index contributed by atoms with van der Waals surface area (Å²) in [7, 11) is 0. The van der Waals surface area contributed by atoms with E-state index in [-0.39, 0.29) is 5.56 Å². The fraction of sp³-hybridized carbons (Fsp3) is 0.0833. The molecule has 4 aromatic rings. The Morgan fingerprint density at radius 1 is 0.769 bits per heavy atom. The van der Waals surface area contributed by atoms with Crippen LogP contribution in [0.25, 0.3) is 33.0 Å². The maximum absolute atomic E-state index is 12.1. The van der Waals surface area contributed by atoms with E-state index in [2.05, 4.69) is 60.7 Å². The molecule has 0 aliphatic heterocycles. The van der Waals surface area contributed by atoms with Crippen LogP contribution in [0.3, 0.4) is 0 Å². The molecule has 2 nitrogen and oxygen atoms in total. The number of hydrogen-bond donors (Lipinski definition) is 0. The van der Waals surface area contributed by atoms with Crippen LogP contribution in [0.15, 0.2) is 89.9 Å². The number of rotatable bonds is 4. The number of hydrogen-bond acceptors (Lipinski definition) is 1. The molecule has 3 aromatic carbocycles. The molecular weight excluding hydrogens is 318 g/mol. The van der Waals surface area contributed by atoms with Crippen LogP contribution < -0.4 is 5.56 Å². The second kappa shape index (κ2) is 7.01. The highest BCUT2D eigenvalue weighted by Crippen LogP contribution is 2.35. The third kappa shape index (κ3) is 2.95. The standard InChI is InChI=1S/C24H20NO/c1-2-16-25-17-19(14-15-24(25)26)21-11-5-6-12-22(21)23-13-7-9-18-8-3-4-10-20(18)23/h3-17H,2H2,1H3. The first-order chi connectivity index (χ1) is 12.8. The number of nitrogens with zero attached hydrogens (tertiary/aromatic N) is 1. The zero-order valence-electron chi connectivity index (χ0n) is 14.7. The van der Waals surface area contributed by atoms with Crippen molar-refractivity contribution in [2.24, 2.45) is 0 Å². The Bertz CT molecular complexity index is 1120. The molecule has 1 radical (unpaired) electrons. The Morgan fingerprint density at radius 3 is 2.31 bits per heavy atom. The Hall–Kier alpha value is -3.13. The molecule has 0 amide bonds. The van der Waals surface area contributed by atoms with Crippen LogP contribution in [0.4, 0.5) is 0 Å². The van der Waals surface area contributed by atoms with E-state index in [1.807, 2.05) is 31.8 Å². The molecule has 1 heterocycles. The van der Waals surface area contributed by atoms with Gasteiger partial charge in [0.1, 0.15) is 0 Å². The summed E-state index contributed by atoms with van der Waals surface area (Å²) in [5, 5.41) is 2.46. The van der Waals surface area contributed by atoms with Crippen LogP contribution in [0.5, 0.6) is 0 Å². The summed E-state index contributed by atoms with van der Waals surface area (Å²) in [6.45, 7) is 3.94. The number of fused-ring (bicyclic) bond motifs is 1. The van der Waals surface area contributed by atoms with Crippen molar-refractivity contribution in [3.05, 3.63) is 102 Å². The van der Waals surface area contributed by atoms with Gasteiger partial charge in [-0.2, -0.15) is 0 Å². The topological polar surface area (TPSA) is 22.0 Å². The van der Waals surface area contributed by atoms with Crippen molar-refractivity contribution in [3.8, 4) is 22.3 Å². The van der Waals surface area contributed by atoms with Gasteiger partial charge >= 0.3 is 0 Å². The van der Waals surface area contributed by atoms with Crippen molar-refractivity contribution in [3.63, 3.8) is 0 Å². The minimum absolute atomic E-state index is 0.00163. The first-order valence-electron chi connectivity index (χ1n) is 8.91. The normalized spacial score (nSPS) is 11.0. The quantitative estimate of drug-likeness (QED) is 0.464. The molecule has 0 fully saturated rings. The monoisotopic (exact) mass is 338 g/mol. The molecule has 0 saturated carbocycles. The molecule has 2 heteroatoms. The summed E-state index contributed by atoms with van der Waals surface area (Å²) in [6, 6.07) is 26.8. The van der Waals surface area contributed by atoms with E-state index >= 15 is 0 Å². The van der Waals surface area contributed by atoms with Crippen LogP contribution in [0, 0.1) is 6.54 Å². The van der Waals surface area contributed by atoms with Crippen LogP contribution in [0.2, 0.25) is 0 Å². The van der Waals surface area contributed by atoms with E-state index < -0.39 is 0 Å². The summed E-state index contributed by atoms with van der Waals surface area (Å²) in [5.41, 5.74) is 4.54. The predicted molar refractivity (Wildman–Crippen MR) is 109 cm³/mol. The Balaban J connectivity index is 1.94. The summed E-state index contributed by atoms with van der Waals surface area (Å²) in [6.07, 6.45) is 2.74. The van der Waals surface area contributed by atoms with Crippen LogP contribution in [0.1, 0.15) is 13.3 Å². The van der Waals surface area contributed by atoms with E-state index in [0.29, 0.717) is 0 Å². The highest BCUT2D eigenvalue weighted by atomic mass is 16.1. The van der Waals surface area contributed by atoms with Crippen molar-refractivity contribution < 1.29 is 0 Å². The highest BCUT2D eigenvalue weighted by molar-refractivity contribution is 6.00. The second-order valence-electron chi connectivity index (χ2n) is 6.33. The lowest BCUT2D eigenvalue weighted by Crippen LogP contribution is -2.16. The molecule has 0 bridgehead atoms.